The van der Waals surface area contributed by atoms with Gasteiger partial charge in [0, 0.05) is 25.5 Å². The highest BCUT2D eigenvalue weighted by molar-refractivity contribution is 5.89. The predicted octanol–water partition coefficient (Wildman–Crippen LogP) is 3.83. The van der Waals surface area contributed by atoms with Gasteiger partial charge in [0.15, 0.2) is 0 Å². The zero-order valence-corrected chi connectivity index (χ0v) is 15.5. The summed E-state index contributed by atoms with van der Waals surface area (Å²) in [6.45, 7) is 0.907. The van der Waals surface area contributed by atoms with Gasteiger partial charge >= 0.3 is 6.03 Å². The van der Waals surface area contributed by atoms with Gasteiger partial charge in [-0.2, -0.15) is 0 Å². The molecule has 0 spiro atoms. The molecule has 2 aromatic carbocycles. The van der Waals surface area contributed by atoms with Gasteiger partial charge in [-0.25, -0.2) is 4.79 Å². The number of carbonyl (C=O) groups excluding carboxylic acids is 1. The molecule has 1 aliphatic carbocycles. The average Bonchev–Trinajstić information content (AvgIpc) is 2.65. The van der Waals surface area contributed by atoms with Crippen molar-refractivity contribution in [3.63, 3.8) is 0 Å². The van der Waals surface area contributed by atoms with Crippen LogP contribution >= 0.6 is 0 Å². The molecule has 0 aliphatic heterocycles. The number of amides is 2. The molecule has 0 saturated carbocycles. The van der Waals surface area contributed by atoms with Gasteiger partial charge in [-0.05, 0) is 73.2 Å². The minimum Gasteiger partial charge on any atom is -0.492 e. The lowest BCUT2D eigenvalue weighted by atomic mass is 9.92. The lowest BCUT2D eigenvalue weighted by Crippen LogP contribution is -2.32. The molecule has 5 nitrogen and oxygen atoms in total. The number of urea groups is 1. The molecule has 138 valence electrons. The molecule has 0 atom stereocenters. The maximum absolute atomic E-state index is 11.9. The number of nitrogens with zero attached hydrogens (tertiary/aromatic N) is 1. The van der Waals surface area contributed by atoms with Gasteiger partial charge < -0.3 is 20.3 Å². The number of carbonyl (C=O) groups is 1. The van der Waals surface area contributed by atoms with Crippen LogP contribution in [0.5, 0.6) is 5.75 Å². The zero-order valence-electron chi connectivity index (χ0n) is 15.5. The Hall–Kier alpha value is -2.69. The second kappa shape index (κ2) is 8.61. The highest BCUT2D eigenvalue weighted by Crippen LogP contribution is 2.25. The SMILES string of the molecule is CN(C)c1ccc(NC(=O)NCCOc2ccc3c(c2)CCCC3)cc1. The first-order valence-electron chi connectivity index (χ1n) is 9.19. The number of anilines is 2. The van der Waals surface area contributed by atoms with Gasteiger partial charge in [0.25, 0.3) is 0 Å². The third-order valence-corrected chi connectivity index (χ3v) is 4.62. The van der Waals surface area contributed by atoms with Gasteiger partial charge in [-0.1, -0.05) is 6.07 Å². The van der Waals surface area contributed by atoms with Gasteiger partial charge in [-0.15, -0.1) is 0 Å². The number of hydrogen-bond acceptors (Lipinski definition) is 3. The third-order valence-electron chi connectivity index (χ3n) is 4.62. The summed E-state index contributed by atoms with van der Waals surface area (Å²) in [4.78, 5) is 14.0. The van der Waals surface area contributed by atoms with Crippen molar-refractivity contribution in [1.82, 2.24) is 5.32 Å². The fourth-order valence-corrected chi connectivity index (χ4v) is 3.15. The molecular weight excluding hydrogens is 326 g/mol. The maximum Gasteiger partial charge on any atom is 0.319 e. The van der Waals surface area contributed by atoms with Crippen molar-refractivity contribution < 1.29 is 9.53 Å². The summed E-state index contributed by atoms with van der Waals surface area (Å²) in [6.07, 6.45) is 4.85. The quantitative estimate of drug-likeness (QED) is 0.776. The molecule has 0 fully saturated rings. The summed E-state index contributed by atoms with van der Waals surface area (Å²) in [7, 11) is 3.97. The Bertz CT molecular complexity index is 741. The standard InChI is InChI=1S/C21H27N3O2/c1-24(2)19-10-8-18(9-11-19)23-21(25)22-13-14-26-20-12-7-16-5-3-4-6-17(16)15-20/h7-12,15H,3-6,13-14H2,1-2H3,(H2,22,23,25). The van der Waals surface area contributed by atoms with E-state index in [2.05, 4.69) is 22.8 Å². The molecule has 3 rings (SSSR count). The molecule has 26 heavy (non-hydrogen) atoms. The Balaban J connectivity index is 1.40. The van der Waals surface area contributed by atoms with Crippen LogP contribution in [-0.2, 0) is 12.8 Å². The Morgan fingerprint density at radius 1 is 1.04 bits per heavy atom. The van der Waals surface area contributed by atoms with Crippen molar-refractivity contribution in [2.45, 2.75) is 25.7 Å². The largest absolute Gasteiger partial charge is 0.492 e. The molecule has 0 unspecified atom stereocenters. The van der Waals surface area contributed by atoms with Crippen molar-refractivity contribution >= 4 is 17.4 Å². The highest BCUT2D eigenvalue weighted by Gasteiger charge is 2.10. The van der Waals surface area contributed by atoms with E-state index in [1.54, 1.807) is 0 Å². The lowest BCUT2D eigenvalue weighted by Gasteiger charge is -2.17. The summed E-state index contributed by atoms with van der Waals surface area (Å²) in [5.41, 5.74) is 4.71. The normalized spacial score (nSPS) is 12.8. The van der Waals surface area contributed by atoms with Crippen LogP contribution in [0.1, 0.15) is 24.0 Å². The number of nitrogens with one attached hydrogen (secondary N) is 2. The number of fused-ring (bicyclic) bond motifs is 1. The van der Waals surface area contributed by atoms with Gasteiger partial charge in [0.2, 0.25) is 0 Å². The second-order valence-electron chi connectivity index (χ2n) is 6.81. The third kappa shape index (κ3) is 4.91. The van der Waals surface area contributed by atoms with E-state index in [0.29, 0.717) is 13.2 Å². The van der Waals surface area contributed by atoms with E-state index in [4.69, 9.17) is 4.74 Å². The average molecular weight is 353 g/mol. The van der Waals surface area contributed by atoms with E-state index >= 15 is 0 Å². The fourth-order valence-electron chi connectivity index (χ4n) is 3.15. The van der Waals surface area contributed by atoms with E-state index in [1.165, 1.54) is 30.4 Å². The topological polar surface area (TPSA) is 53.6 Å². The molecule has 0 saturated heterocycles. The van der Waals surface area contributed by atoms with E-state index in [9.17, 15) is 4.79 Å². The number of ether oxygens (including phenoxy) is 1. The van der Waals surface area contributed by atoms with Crippen molar-refractivity contribution in [1.29, 1.82) is 0 Å². The minimum atomic E-state index is -0.225. The van der Waals surface area contributed by atoms with Crippen LogP contribution in [0.2, 0.25) is 0 Å². The molecule has 2 amide bonds. The lowest BCUT2D eigenvalue weighted by molar-refractivity contribution is 0.247. The molecule has 2 aromatic rings. The van der Waals surface area contributed by atoms with Crippen LogP contribution in [0, 0.1) is 0 Å². The first-order valence-corrected chi connectivity index (χ1v) is 9.19. The first kappa shape index (κ1) is 18.1. The van der Waals surface area contributed by atoms with Crippen LogP contribution in [0.25, 0.3) is 0 Å². The van der Waals surface area contributed by atoms with E-state index in [-0.39, 0.29) is 6.03 Å². The number of hydrogen-bond donors (Lipinski definition) is 2. The van der Waals surface area contributed by atoms with Crippen molar-refractivity contribution in [3.8, 4) is 5.75 Å². The van der Waals surface area contributed by atoms with Crippen LogP contribution < -0.4 is 20.3 Å². The Labute approximate surface area is 155 Å². The van der Waals surface area contributed by atoms with E-state index < -0.39 is 0 Å². The zero-order chi connectivity index (χ0) is 18.4. The van der Waals surface area contributed by atoms with Crippen LogP contribution in [0.3, 0.4) is 0 Å². The molecule has 5 heteroatoms. The van der Waals surface area contributed by atoms with Gasteiger partial charge in [-0.3, -0.25) is 0 Å². The molecule has 0 aromatic heterocycles. The maximum atomic E-state index is 11.9. The summed E-state index contributed by atoms with van der Waals surface area (Å²) < 4.78 is 5.77. The van der Waals surface area contributed by atoms with Gasteiger partial charge in [0.05, 0.1) is 6.54 Å². The van der Waals surface area contributed by atoms with E-state index in [1.807, 2.05) is 49.3 Å². The van der Waals surface area contributed by atoms with E-state index in [0.717, 1.165) is 23.5 Å². The molecule has 2 N–H and O–H groups in total. The highest BCUT2D eigenvalue weighted by atomic mass is 16.5. The summed E-state index contributed by atoms with van der Waals surface area (Å²) >= 11 is 0. The van der Waals surface area contributed by atoms with Crippen molar-refractivity contribution in [2.75, 3.05) is 37.5 Å². The van der Waals surface area contributed by atoms with Crippen molar-refractivity contribution in [2.24, 2.45) is 0 Å². The van der Waals surface area contributed by atoms with Gasteiger partial charge in [0.1, 0.15) is 12.4 Å². The first-order chi connectivity index (χ1) is 12.6. The molecule has 0 radical (unpaired) electrons. The summed E-state index contributed by atoms with van der Waals surface area (Å²) in [5, 5.41) is 5.64. The van der Waals surface area contributed by atoms with Crippen LogP contribution in [-0.4, -0.2) is 33.3 Å². The molecule has 0 bridgehead atoms. The minimum absolute atomic E-state index is 0.225. The fraction of sp³-hybridized carbons (Fsp3) is 0.381. The Morgan fingerprint density at radius 3 is 2.50 bits per heavy atom. The number of benzene rings is 2. The molecule has 1 aliphatic rings. The van der Waals surface area contributed by atoms with Crippen LogP contribution in [0.4, 0.5) is 16.2 Å². The second-order valence-corrected chi connectivity index (χ2v) is 6.81. The summed E-state index contributed by atoms with van der Waals surface area (Å²) in [6, 6.07) is 13.8. The summed E-state index contributed by atoms with van der Waals surface area (Å²) in [5.74, 6) is 0.882. The number of aryl methyl sites for hydroxylation is 2. The monoisotopic (exact) mass is 353 g/mol. The molecule has 0 heterocycles. The van der Waals surface area contributed by atoms with Crippen LogP contribution in [0.15, 0.2) is 42.5 Å². The van der Waals surface area contributed by atoms with Crippen molar-refractivity contribution in [3.05, 3.63) is 53.6 Å². The Morgan fingerprint density at radius 2 is 1.77 bits per heavy atom. The molecular formula is C21H27N3O2. The number of rotatable bonds is 6. The Kier molecular flexibility index (Phi) is 6.00. The predicted molar refractivity (Wildman–Crippen MR) is 106 cm³/mol. The smallest absolute Gasteiger partial charge is 0.319 e.